The maximum absolute atomic E-state index is 15.0. The van der Waals surface area contributed by atoms with Crippen LogP contribution >= 0.6 is 0 Å². The lowest BCUT2D eigenvalue weighted by atomic mass is 9.85. The maximum atomic E-state index is 15.0. The molecule has 14 heteroatoms. The quantitative estimate of drug-likeness (QED) is 0.202. The first-order valence-electron chi connectivity index (χ1n) is 17.3. The van der Waals surface area contributed by atoms with E-state index in [-0.39, 0.29) is 25.6 Å². The second kappa shape index (κ2) is 17.7. The molecule has 3 N–H and O–H groups in total. The summed E-state index contributed by atoms with van der Waals surface area (Å²) in [6.45, 7) is 6.19. The van der Waals surface area contributed by atoms with Crippen LogP contribution in [0.25, 0.3) is 11.3 Å². The number of alkyl carbamates (subject to hydrolysis) is 1. The Labute approximate surface area is 303 Å². The number of benzene rings is 2. The van der Waals surface area contributed by atoms with E-state index in [2.05, 4.69) is 21.0 Å². The van der Waals surface area contributed by atoms with Gasteiger partial charge in [-0.05, 0) is 42.0 Å². The molecule has 6 atom stereocenters. The van der Waals surface area contributed by atoms with Gasteiger partial charge in [-0.2, -0.15) is 0 Å². The van der Waals surface area contributed by atoms with Gasteiger partial charge in [-0.25, -0.2) is 19.0 Å². The molecule has 2 aromatic carbocycles. The highest BCUT2D eigenvalue weighted by Crippen LogP contribution is 2.33. The number of hydrogen-bond acceptors (Lipinski definition) is 10. The highest BCUT2D eigenvalue weighted by molar-refractivity contribution is 5.86. The van der Waals surface area contributed by atoms with Crippen molar-refractivity contribution in [2.75, 3.05) is 34.0 Å². The molecule has 5 rings (SSSR count). The number of ether oxygens (including phenoxy) is 5. The Bertz CT molecular complexity index is 1640. The van der Waals surface area contributed by atoms with Crippen LogP contribution in [-0.2, 0) is 41.4 Å². The average molecular weight is 722 g/mol. The lowest BCUT2D eigenvalue weighted by molar-refractivity contribution is -0.127. The standard InChI is InChI=1S/C38H48FN5O8/c1-38(2,3)33(42-36(46)49-5)34(45)41-30(20-24-13-15-25(16-14-24)29-12-8-9-18-40-29)31(48-4)22-44(21-26-10-6-7-11-28(26)39)43-37(47)52-32-23-51-35-27(32)17-19-50-35/h6-16,18,27,30-33,35H,17,19-23H2,1-5H3,(H,41,45)(H,42,46)(H,43,47). The maximum Gasteiger partial charge on any atom is 0.422 e. The smallest absolute Gasteiger partial charge is 0.422 e. The van der Waals surface area contributed by atoms with E-state index in [1.165, 1.54) is 25.3 Å². The fourth-order valence-corrected chi connectivity index (χ4v) is 6.40. The Kier molecular flexibility index (Phi) is 13.2. The summed E-state index contributed by atoms with van der Waals surface area (Å²) in [6.07, 6.45) is -0.413. The molecule has 3 amide bonds. The highest BCUT2D eigenvalue weighted by atomic mass is 19.1. The summed E-state index contributed by atoms with van der Waals surface area (Å²) in [5.41, 5.74) is 5.03. The van der Waals surface area contributed by atoms with E-state index in [4.69, 9.17) is 23.7 Å². The van der Waals surface area contributed by atoms with Crippen LogP contribution in [0.15, 0.2) is 72.9 Å². The van der Waals surface area contributed by atoms with Crippen molar-refractivity contribution in [1.29, 1.82) is 0 Å². The van der Waals surface area contributed by atoms with E-state index < -0.39 is 59.9 Å². The molecule has 0 spiro atoms. The van der Waals surface area contributed by atoms with Crippen molar-refractivity contribution in [3.05, 3.63) is 89.9 Å². The summed E-state index contributed by atoms with van der Waals surface area (Å²) in [7, 11) is 2.73. The number of hydrogen-bond donors (Lipinski definition) is 3. The number of pyridine rings is 1. The molecule has 0 bridgehead atoms. The largest absolute Gasteiger partial charge is 0.453 e. The molecule has 52 heavy (non-hydrogen) atoms. The van der Waals surface area contributed by atoms with Gasteiger partial charge >= 0.3 is 12.2 Å². The summed E-state index contributed by atoms with van der Waals surface area (Å²) in [5, 5.41) is 7.25. The molecule has 2 aliphatic heterocycles. The van der Waals surface area contributed by atoms with E-state index in [0.29, 0.717) is 25.0 Å². The molecule has 0 aliphatic carbocycles. The van der Waals surface area contributed by atoms with Crippen LogP contribution in [0.3, 0.4) is 0 Å². The molecular formula is C38H48FN5O8. The molecule has 13 nitrogen and oxygen atoms in total. The van der Waals surface area contributed by atoms with Crippen LogP contribution in [0, 0.1) is 17.2 Å². The van der Waals surface area contributed by atoms with Crippen molar-refractivity contribution >= 4 is 18.1 Å². The fourth-order valence-electron chi connectivity index (χ4n) is 6.40. The molecule has 3 aromatic rings. The summed E-state index contributed by atoms with van der Waals surface area (Å²) in [6, 6.07) is 18.1. The van der Waals surface area contributed by atoms with Gasteiger partial charge in [0.25, 0.3) is 0 Å². The lowest BCUT2D eigenvalue weighted by Crippen LogP contribution is -2.59. The first-order chi connectivity index (χ1) is 24.9. The number of methoxy groups -OCH3 is 2. The molecule has 1 aromatic heterocycles. The summed E-state index contributed by atoms with van der Waals surface area (Å²) >= 11 is 0. The van der Waals surface area contributed by atoms with Crippen LogP contribution in [0.4, 0.5) is 14.0 Å². The van der Waals surface area contributed by atoms with E-state index in [1.807, 2.05) is 63.2 Å². The fraction of sp³-hybridized carbons (Fsp3) is 0.474. The van der Waals surface area contributed by atoms with E-state index in [1.54, 1.807) is 24.4 Å². The van der Waals surface area contributed by atoms with Gasteiger partial charge in [-0.3, -0.25) is 15.2 Å². The minimum absolute atomic E-state index is 0.0118. The molecule has 0 saturated carbocycles. The van der Waals surface area contributed by atoms with Crippen LogP contribution < -0.4 is 16.1 Å². The third kappa shape index (κ3) is 10.2. The summed E-state index contributed by atoms with van der Waals surface area (Å²) in [5.74, 6) is -0.986. The predicted molar refractivity (Wildman–Crippen MR) is 189 cm³/mol. The van der Waals surface area contributed by atoms with Crippen molar-refractivity contribution in [3.8, 4) is 11.3 Å². The molecule has 2 aliphatic rings. The number of hydrazine groups is 1. The topological polar surface area (TPSA) is 150 Å². The second-order valence-electron chi connectivity index (χ2n) is 14.0. The van der Waals surface area contributed by atoms with Crippen LogP contribution in [-0.4, -0.2) is 92.6 Å². The number of nitrogens with zero attached hydrogens (tertiary/aromatic N) is 2. The highest BCUT2D eigenvalue weighted by Gasteiger charge is 2.44. The third-order valence-electron chi connectivity index (χ3n) is 9.24. The van der Waals surface area contributed by atoms with Crippen LogP contribution in [0.2, 0.25) is 0 Å². The molecule has 6 unspecified atom stereocenters. The molecule has 3 heterocycles. The van der Waals surface area contributed by atoms with Gasteiger partial charge in [0.2, 0.25) is 5.91 Å². The first-order valence-corrected chi connectivity index (χ1v) is 17.3. The van der Waals surface area contributed by atoms with Gasteiger partial charge in [0.15, 0.2) is 6.29 Å². The monoisotopic (exact) mass is 721 g/mol. The Hall–Kier alpha value is -4.63. The second-order valence-corrected chi connectivity index (χ2v) is 14.0. The SMILES string of the molecule is COC(=O)NC(C(=O)NC(Cc1ccc(-c2ccccn2)cc1)C(CN(Cc1ccccc1F)NC(=O)OC1COC2OCCC12)OC)C(C)(C)C. The zero-order chi connectivity index (χ0) is 37.3. The van der Waals surface area contributed by atoms with Gasteiger partial charge in [0, 0.05) is 37.5 Å². The minimum Gasteiger partial charge on any atom is -0.453 e. The normalized spacial score (nSPS) is 20.0. The average Bonchev–Trinajstić information content (AvgIpc) is 3.75. The molecule has 0 radical (unpaired) electrons. The molecular weight excluding hydrogens is 673 g/mol. The Morgan fingerprint density at radius 3 is 2.40 bits per heavy atom. The predicted octanol–water partition coefficient (Wildman–Crippen LogP) is 4.61. The first kappa shape index (κ1) is 38.6. The number of carbonyl (C=O) groups is 3. The third-order valence-corrected chi connectivity index (χ3v) is 9.24. The number of aromatic nitrogens is 1. The molecule has 2 saturated heterocycles. The van der Waals surface area contributed by atoms with E-state index >= 15 is 0 Å². The van der Waals surface area contributed by atoms with E-state index in [9.17, 15) is 18.8 Å². The number of fused-ring (bicyclic) bond motifs is 1. The Morgan fingerprint density at radius 2 is 1.73 bits per heavy atom. The van der Waals surface area contributed by atoms with Gasteiger partial charge in [-0.15, -0.1) is 0 Å². The van der Waals surface area contributed by atoms with Crippen molar-refractivity contribution in [3.63, 3.8) is 0 Å². The van der Waals surface area contributed by atoms with E-state index in [0.717, 1.165) is 16.8 Å². The lowest BCUT2D eigenvalue weighted by Gasteiger charge is -2.35. The minimum atomic E-state index is -0.967. The Balaban J connectivity index is 1.40. The number of halogens is 1. The van der Waals surface area contributed by atoms with Crippen molar-refractivity contribution in [2.45, 2.75) is 70.7 Å². The van der Waals surface area contributed by atoms with Gasteiger partial charge in [0.1, 0.15) is 18.0 Å². The zero-order valence-corrected chi connectivity index (χ0v) is 30.2. The van der Waals surface area contributed by atoms with Crippen LogP contribution in [0.5, 0.6) is 0 Å². The number of amides is 3. The van der Waals surface area contributed by atoms with Crippen molar-refractivity contribution in [2.24, 2.45) is 11.3 Å². The number of carbonyl (C=O) groups excluding carboxylic acids is 3. The summed E-state index contributed by atoms with van der Waals surface area (Å²) < 4.78 is 42.7. The van der Waals surface area contributed by atoms with Gasteiger partial charge < -0.3 is 34.3 Å². The molecule has 2 fully saturated rings. The summed E-state index contributed by atoms with van der Waals surface area (Å²) in [4.78, 5) is 44.0. The van der Waals surface area contributed by atoms with Gasteiger partial charge in [0.05, 0.1) is 44.1 Å². The Morgan fingerprint density at radius 1 is 0.981 bits per heavy atom. The molecule has 280 valence electrons. The zero-order valence-electron chi connectivity index (χ0n) is 30.2. The van der Waals surface area contributed by atoms with Crippen molar-refractivity contribution < 1.29 is 42.5 Å². The number of rotatable bonds is 14. The van der Waals surface area contributed by atoms with Crippen molar-refractivity contribution in [1.82, 2.24) is 26.1 Å². The van der Waals surface area contributed by atoms with Gasteiger partial charge in [-0.1, -0.05) is 69.3 Å². The van der Waals surface area contributed by atoms with Crippen LogP contribution in [0.1, 0.15) is 38.3 Å². The number of nitrogens with one attached hydrogen (secondary N) is 3.